The first-order chi connectivity index (χ1) is 11.7. The van der Waals surface area contributed by atoms with Crippen LogP contribution in [0.2, 0.25) is 0 Å². The Balaban J connectivity index is 1.63. The highest BCUT2D eigenvalue weighted by Crippen LogP contribution is 2.34. The second-order valence-corrected chi connectivity index (χ2v) is 6.25. The SMILES string of the molecule is Cn1nccc1C1CCCCN1C(=O)c1ccc2c(c1)OCCO2. The zero-order chi connectivity index (χ0) is 16.5. The van der Waals surface area contributed by atoms with E-state index in [4.69, 9.17) is 9.47 Å². The van der Waals surface area contributed by atoms with Gasteiger partial charge in [-0.2, -0.15) is 5.10 Å². The maximum absolute atomic E-state index is 13.1. The number of hydrogen-bond donors (Lipinski definition) is 0. The first kappa shape index (κ1) is 15.1. The van der Waals surface area contributed by atoms with Crippen molar-refractivity contribution in [2.75, 3.05) is 19.8 Å². The van der Waals surface area contributed by atoms with Gasteiger partial charge in [0.15, 0.2) is 11.5 Å². The molecular formula is C18H21N3O3. The van der Waals surface area contributed by atoms with E-state index in [1.807, 2.05) is 34.8 Å². The topological polar surface area (TPSA) is 56.6 Å². The van der Waals surface area contributed by atoms with Gasteiger partial charge in [0.2, 0.25) is 0 Å². The summed E-state index contributed by atoms with van der Waals surface area (Å²) in [6, 6.07) is 7.52. The molecule has 2 aliphatic heterocycles. The van der Waals surface area contributed by atoms with Crippen LogP contribution in [0.25, 0.3) is 0 Å². The van der Waals surface area contributed by atoms with Gasteiger partial charge in [-0.1, -0.05) is 0 Å². The summed E-state index contributed by atoms with van der Waals surface area (Å²) in [7, 11) is 1.93. The van der Waals surface area contributed by atoms with Crippen LogP contribution in [0.5, 0.6) is 11.5 Å². The van der Waals surface area contributed by atoms with E-state index in [-0.39, 0.29) is 11.9 Å². The van der Waals surface area contributed by atoms with Gasteiger partial charge in [-0.3, -0.25) is 9.48 Å². The Morgan fingerprint density at radius 2 is 2.00 bits per heavy atom. The lowest BCUT2D eigenvalue weighted by Crippen LogP contribution is -2.39. The van der Waals surface area contributed by atoms with E-state index in [1.165, 1.54) is 0 Å². The molecule has 1 amide bonds. The van der Waals surface area contributed by atoms with Crippen LogP contribution in [0.3, 0.4) is 0 Å². The molecule has 6 heteroatoms. The molecule has 1 fully saturated rings. The van der Waals surface area contributed by atoms with Gasteiger partial charge in [-0.05, 0) is 43.5 Å². The van der Waals surface area contributed by atoms with E-state index < -0.39 is 0 Å². The minimum Gasteiger partial charge on any atom is -0.486 e. The molecule has 6 nitrogen and oxygen atoms in total. The van der Waals surface area contributed by atoms with Crippen molar-refractivity contribution in [2.45, 2.75) is 25.3 Å². The maximum Gasteiger partial charge on any atom is 0.254 e. The Labute approximate surface area is 141 Å². The lowest BCUT2D eigenvalue weighted by molar-refractivity contribution is 0.0600. The molecule has 1 aromatic carbocycles. The number of nitrogens with zero attached hydrogens (tertiary/aromatic N) is 3. The second-order valence-electron chi connectivity index (χ2n) is 6.25. The average molecular weight is 327 g/mol. The highest BCUT2D eigenvalue weighted by molar-refractivity contribution is 5.95. The fourth-order valence-electron chi connectivity index (χ4n) is 3.54. The number of benzene rings is 1. The number of amides is 1. The van der Waals surface area contributed by atoms with Crippen LogP contribution in [0.15, 0.2) is 30.5 Å². The summed E-state index contributed by atoms with van der Waals surface area (Å²) < 4.78 is 13.0. The van der Waals surface area contributed by atoms with Crippen LogP contribution < -0.4 is 9.47 Å². The summed E-state index contributed by atoms with van der Waals surface area (Å²) in [4.78, 5) is 15.1. The van der Waals surface area contributed by atoms with E-state index in [0.29, 0.717) is 30.3 Å². The molecule has 0 saturated carbocycles. The molecule has 0 radical (unpaired) electrons. The molecule has 0 N–H and O–H groups in total. The first-order valence-electron chi connectivity index (χ1n) is 8.42. The van der Waals surface area contributed by atoms with Gasteiger partial charge in [0.1, 0.15) is 13.2 Å². The van der Waals surface area contributed by atoms with Crippen molar-refractivity contribution in [2.24, 2.45) is 7.05 Å². The maximum atomic E-state index is 13.1. The zero-order valence-electron chi connectivity index (χ0n) is 13.8. The van der Waals surface area contributed by atoms with Gasteiger partial charge in [0, 0.05) is 25.4 Å². The van der Waals surface area contributed by atoms with Crippen LogP contribution in [0.1, 0.15) is 41.4 Å². The summed E-state index contributed by atoms with van der Waals surface area (Å²) in [5.74, 6) is 1.40. The Morgan fingerprint density at radius 3 is 2.79 bits per heavy atom. The van der Waals surface area contributed by atoms with E-state index in [1.54, 1.807) is 12.3 Å². The number of ether oxygens (including phenoxy) is 2. The van der Waals surface area contributed by atoms with Gasteiger partial charge in [-0.25, -0.2) is 0 Å². The molecule has 0 aliphatic carbocycles. The monoisotopic (exact) mass is 327 g/mol. The highest BCUT2D eigenvalue weighted by atomic mass is 16.6. The van der Waals surface area contributed by atoms with Crippen LogP contribution in [-0.4, -0.2) is 40.3 Å². The van der Waals surface area contributed by atoms with Crippen LogP contribution >= 0.6 is 0 Å². The van der Waals surface area contributed by atoms with E-state index >= 15 is 0 Å². The van der Waals surface area contributed by atoms with Crippen LogP contribution in [0.4, 0.5) is 0 Å². The number of rotatable bonds is 2. The van der Waals surface area contributed by atoms with Crippen molar-refractivity contribution >= 4 is 5.91 Å². The summed E-state index contributed by atoms with van der Waals surface area (Å²) in [6.45, 7) is 1.84. The molecule has 1 saturated heterocycles. The Bertz CT molecular complexity index is 756. The normalized spacial score (nSPS) is 20.0. The summed E-state index contributed by atoms with van der Waals surface area (Å²) >= 11 is 0. The van der Waals surface area contributed by atoms with Gasteiger partial charge in [0.25, 0.3) is 5.91 Å². The van der Waals surface area contributed by atoms with Crippen molar-refractivity contribution < 1.29 is 14.3 Å². The highest BCUT2D eigenvalue weighted by Gasteiger charge is 2.31. The van der Waals surface area contributed by atoms with Gasteiger partial charge < -0.3 is 14.4 Å². The molecule has 3 heterocycles. The number of carbonyl (C=O) groups excluding carboxylic acids is 1. The molecule has 1 unspecified atom stereocenters. The number of piperidine rings is 1. The second kappa shape index (κ2) is 6.19. The third-order valence-electron chi connectivity index (χ3n) is 4.75. The Hall–Kier alpha value is -2.50. The van der Waals surface area contributed by atoms with Crippen molar-refractivity contribution in [1.82, 2.24) is 14.7 Å². The number of aryl methyl sites for hydroxylation is 1. The summed E-state index contributed by atoms with van der Waals surface area (Å²) in [6.07, 6.45) is 4.91. The lowest BCUT2D eigenvalue weighted by atomic mass is 9.98. The molecule has 126 valence electrons. The predicted molar refractivity (Wildman–Crippen MR) is 88.3 cm³/mol. The fourth-order valence-corrected chi connectivity index (χ4v) is 3.54. The van der Waals surface area contributed by atoms with Crippen molar-refractivity contribution in [3.05, 3.63) is 41.7 Å². The van der Waals surface area contributed by atoms with Crippen molar-refractivity contribution in [3.8, 4) is 11.5 Å². The molecule has 1 aromatic heterocycles. The number of hydrogen-bond acceptors (Lipinski definition) is 4. The Kier molecular flexibility index (Phi) is 3.88. The van der Waals surface area contributed by atoms with Crippen LogP contribution in [0, 0.1) is 0 Å². The molecule has 0 spiro atoms. The first-order valence-corrected chi connectivity index (χ1v) is 8.42. The number of aromatic nitrogens is 2. The molecule has 0 bridgehead atoms. The fraction of sp³-hybridized carbons (Fsp3) is 0.444. The smallest absolute Gasteiger partial charge is 0.254 e. The van der Waals surface area contributed by atoms with Crippen LogP contribution in [-0.2, 0) is 7.05 Å². The molecule has 4 rings (SSSR count). The molecule has 24 heavy (non-hydrogen) atoms. The van der Waals surface area contributed by atoms with Gasteiger partial charge >= 0.3 is 0 Å². The molecule has 2 aliphatic rings. The largest absolute Gasteiger partial charge is 0.486 e. The third kappa shape index (κ3) is 2.62. The lowest BCUT2D eigenvalue weighted by Gasteiger charge is -2.36. The zero-order valence-corrected chi connectivity index (χ0v) is 13.8. The van der Waals surface area contributed by atoms with E-state index in [0.717, 1.165) is 31.5 Å². The van der Waals surface area contributed by atoms with E-state index in [9.17, 15) is 4.79 Å². The number of carbonyl (C=O) groups is 1. The average Bonchev–Trinajstić information content (AvgIpc) is 3.06. The number of fused-ring (bicyclic) bond motifs is 1. The minimum absolute atomic E-state index is 0.0397. The quantitative estimate of drug-likeness (QED) is 0.851. The van der Waals surface area contributed by atoms with Gasteiger partial charge in [0.05, 0.1) is 11.7 Å². The minimum atomic E-state index is 0.0397. The van der Waals surface area contributed by atoms with Gasteiger partial charge in [-0.15, -0.1) is 0 Å². The van der Waals surface area contributed by atoms with Crippen molar-refractivity contribution in [3.63, 3.8) is 0 Å². The summed E-state index contributed by atoms with van der Waals surface area (Å²) in [5.41, 5.74) is 1.73. The predicted octanol–water partition coefficient (Wildman–Crippen LogP) is 2.56. The molecule has 1 atom stereocenters. The third-order valence-corrected chi connectivity index (χ3v) is 4.75. The summed E-state index contributed by atoms with van der Waals surface area (Å²) in [5, 5.41) is 4.26. The van der Waals surface area contributed by atoms with E-state index in [2.05, 4.69) is 5.10 Å². The standard InChI is InChI=1S/C18H21N3O3/c1-20-14(7-8-19-20)15-4-2-3-9-21(15)18(22)13-5-6-16-17(12-13)24-11-10-23-16/h5-8,12,15H,2-4,9-11H2,1H3. The number of likely N-dealkylation sites (tertiary alicyclic amines) is 1. The molecule has 2 aromatic rings. The molecular weight excluding hydrogens is 306 g/mol. The van der Waals surface area contributed by atoms with Crippen molar-refractivity contribution in [1.29, 1.82) is 0 Å². The Morgan fingerprint density at radius 1 is 1.17 bits per heavy atom.